The van der Waals surface area contributed by atoms with Crippen LogP contribution >= 0.6 is 0 Å². The summed E-state index contributed by atoms with van der Waals surface area (Å²) >= 11 is 0. The minimum absolute atomic E-state index is 0.0805. The van der Waals surface area contributed by atoms with Crippen molar-refractivity contribution in [1.29, 1.82) is 0 Å². The van der Waals surface area contributed by atoms with E-state index >= 15 is 0 Å². The van der Waals surface area contributed by atoms with Crippen LogP contribution in [0.2, 0.25) is 0 Å². The van der Waals surface area contributed by atoms with E-state index in [1.807, 2.05) is 20.8 Å². The zero-order chi connectivity index (χ0) is 21.1. The van der Waals surface area contributed by atoms with Crippen molar-refractivity contribution in [3.8, 4) is 0 Å². The van der Waals surface area contributed by atoms with Crippen molar-refractivity contribution in [1.82, 2.24) is 0 Å². The summed E-state index contributed by atoms with van der Waals surface area (Å²) in [4.78, 5) is 23.0. The molecule has 0 unspecified atom stereocenters. The Morgan fingerprint density at radius 2 is 1.07 bits per heavy atom. The summed E-state index contributed by atoms with van der Waals surface area (Å²) in [7, 11) is 0. The van der Waals surface area contributed by atoms with E-state index in [1.165, 1.54) is 64.2 Å². The van der Waals surface area contributed by atoms with Crippen LogP contribution in [-0.4, -0.2) is 38.4 Å². The number of unbranched alkanes of at least 4 members (excludes halogenated alkanes) is 11. The zero-order valence-corrected chi connectivity index (χ0v) is 18.9. The van der Waals surface area contributed by atoms with Crippen molar-refractivity contribution in [2.45, 2.75) is 105 Å². The van der Waals surface area contributed by atoms with E-state index in [1.54, 1.807) is 0 Å². The topological polar surface area (TPSA) is 61.8 Å². The largest absolute Gasteiger partial charge is 0.464 e. The molecule has 28 heavy (non-hydrogen) atoms. The van der Waals surface area contributed by atoms with E-state index in [-0.39, 0.29) is 18.6 Å². The summed E-state index contributed by atoms with van der Waals surface area (Å²) in [5.74, 6) is -0.879. The van der Waals surface area contributed by atoms with Gasteiger partial charge in [0.25, 0.3) is 0 Å². The molecule has 166 valence electrons. The minimum Gasteiger partial charge on any atom is -0.464 e. The second kappa shape index (κ2) is 18.0. The van der Waals surface area contributed by atoms with Gasteiger partial charge in [-0.15, -0.1) is 0 Å². The minimum atomic E-state index is -0.455. The molecule has 5 heteroatoms. The third kappa shape index (κ3) is 21.2. The van der Waals surface area contributed by atoms with E-state index < -0.39 is 11.9 Å². The number of carbonyl (C=O) groups excluding carboxylic acids is 2. The van der Waals surface area contributed by atoms with Crippen molar-refractivity contribution in [2.75, 3.05) is 26.4 Å². The number of hydrogen-bond donors (Lipinski definition) is 0. The molecule has 0 saturated heterocycles. The highest BCUT2D eigenvalue weighted by atomic mass is 16.6. The van der Waals surface area contributed by atoms with Gasteiger partial charge in [-0.1, -0.05) is 98.3 Å². The van der Waals surface area contributed by atoms with Crippen molar-refractivity contribution >= 4 is 11.9 Å². The molecule has 0 radical (unpaired) electrons. The van der Waals surface area contributed by atoms with Crippen LogP contribution in [0.3, 0.4) is 0 Å². The monoisotopic (exact) mass is 400 g/mol. The normalized spacial score (nSPS) is 11.4. The predicted molar refractivity (Wildman–Crippen MR) is 113 cm³/mol. The average molecular weight is 401 g/mol. The summed E-state index contributed by atoms with van der Waals surface area (Å²) in [5.41, 5.74) is -0.0805. The molecule has 0 atom stereocenters. The summed E-state index contributed by atoms with van der Waals surface area (Å²) in [5, 5.41) is 0. The van der Waals surface area contributed by atoms with Crippen LogP contribution in [0.5, 0.6) is 0 Å². The first-order valence-electron chi connectivity index (χ1n) is 11.2. The lowest BCUT2D eigenvalue weighted by Gasteiger charge is -2.17. The first-order chi connectivity index (χ1) is 13.3. The smallest absolute Gasteiger partial charge is 0.332 e. The van der Waals surface area contributed by atoms with Crippen molar-refractivity contribution < 1.29 is 23.8 Å². The van der Waals surface area contributed by atoms with Gasteiger partial charge in [-0.3, -0.25) is 0 Å². The molecule has 0 heterocycles. The van der Waals surface area contributed by atoms with E-state index in [2.05, 4.69) is 6.92 Å². The second-order valence-electron chi connectivity index (χ2n) is 8.82. The van der Waals surface area contributed by atoms with Crippen LogP contribution in [0.25, 0.3) is 0 Å². The first-order valence-corrected chi connectivity index (χ1v) is 11.2. The predicted octanol–water partition coefficient (Wildman–Crippen LogP) is 5.84. The number of hydrogen-bond acceptors (Lipinski definition) is 5. The van der Waals surface area contributed by atoms with E-state index in [9.17, 15) is 9.59 Å². The highest BCUT2D eigenvalue weighted by molar-refractivity contribution is 5.73. The highest BCUT2D eigenvalue weighted by Gasteiger charge is 2.14. The summed E-state index contributed by atoms with van der Waals surface area (Å²) in [6.45, 7) is 8.53. The van der Waals surface area contributed by atoms with Gasteiger partial charge in [0.1, 0.15) is 13.2 Å². The molecule has 0 amide bonds. The fourth-order valence-corrected chi connectivity index (χ4v) is 2.73. The number of ether oxygens (including phenoxy) is 3. The molecule has 0 aromatic heterocycles. The van der Waals surface area contributed by atoms with Gasteiger partial charge in [0, 0.05) is 0 Å². The Morgan fingerprint density at radius 3 is 1.54 bits per heavy atom. The fourth-order valence-electron chi connectivity index (χ4n) is 2.73. The van der Waals surface area contributed by atoms with Crippen LogP contribution in [0.4, 0.5) is 0 Å². The summed E-state index contributed by atoms with van der Waals surface area (Å²) in [6, 6.07) is 0. The Balaban J connectivity index is 3.32. The molecule has 0 rings (SSSR count). The van der Waals surface area contributed by atoms with Gasteiger partial charge >= 0.3 is 11.9 Å². The lowest BCUT2D eigenvalue weighted by Crippen LogP contribution is -2.23. The Kier molecular flexibility index (Phi) is 17.3. The van der Waals surface area contributed by atoms with E-state index in [4.69, 9.17) is 14.2 Å². The number of carbonyl (C=O) groups is 2. The Morgan fingerprint density at radius 1 is 0.643 bits per heavy atom. The maximum Gasteiger partial charge on any atom is 0.332 e. The second-order valence-corrected chi connectivity index (χ2v) is 8.82. The third-order valence-electron chi connectivity index (χ3n) is 4.37. The lowest BCUT2D eigenvalue weighted by atomic mass is 9.99. The molecule has 0 aromatic carbocycles. The third-order valence-corrected chi connectivity index (χ3v) is 4.37. The van der Waals surface area contributed by atoms with Gasteiger partial charge in [0.2, 0.25) is 0 Å². The molecule has 0 fully saturated rings. The Bertz CT molecular complexity index is 387. The molecule has 0 N–H and O–H groups in total. The zero-order valence-electron chi connectivity index (χ0n) is 18.9. The number of esters is 2. The molecule has 0 saturated carbocycles. The van der Waals surface area contributed by atoms with Gasteiger partial charge in [-0.05, 0) is 11.8 Å². The number of rotatable bonds is 18. The SMILES string of the molecule is CCCCCCCCCCCCCCOC(=O)COCC(=O)OCC(C)(C)C. The Hall–Kier alpha value is -1.10. The fraction of sp³-hybridized carbons (Fsp3) is 0.913. The van der Waals surface area contributed by atoms with Gasteiger partial charge in [-0.2, -0.15) is 0 Å². The maximum atomic E-state index is 11.5. The average Bonchev–Trinajstić information content (AvgIpc) is 2.63. The molecule has 0 aliphatic heterocycles. The molecule has 0 bridgehead atoms. The van der Waals surface area contributed by atoms with Crippen LogP contribution in [-0.2, 0) is 23.8 Å². The van der Waals surface area contributed by atoms with Crippen LogP contribution in [0.15, 0.2) is 0 Å². The summed E-state index contributed by atoms with van der Waals surface area (Å²) in [6.07, 6.45) is 15.3. The molecule has 0 aliphatic rings. The molecule has 0 aromatic rings. The molecular weight excluding hydrogens is 356 g/mol. The van der Waals surface area contributed by atoms with Crippen LogP contribution < -0.4 is 0 Å². The standard InChI is InChI=1S/C23H44O5/c1-5-6-7-8-9-10-11-12-13-14-15-16-17-27-21(24)18-26-19-22(25)28-20-23(2,3)4/h5-20H2,1-4H3. The van der Waals surface area contributed by atoms with Crippen molar-refractivity contribution in [3.05, 3.63) is 0 Å². The Labute approximate surface area is 172 Å². The maximum absolute atomic E-state index is 11.5. The van der Waals surface area contributed by atoms with Crippen molar-refractivity contribution in [2.24, 2.45) is 5.41 Å². The van der Waals surface area contributed by atoms with Gasteiger partial charge < -0.3 is 14.2 Å². The summed E-state index contributed by atoms with van der Waals surface area (Å²) < 4.78 is 15.2. The van der Waals surface area contributed by atoms with E-state index in [0.717, 1.165) is 12.8 Å². The van der Waals surface area contributed by atoms with Crippen molar-refractivity contribution in [3.63, 3.8) is 0 Å². The molecule has 0 aliphatic carbocycles. The molecule has 0 spiro atoms. The highest BCUT2D eigenvalue weighted by Crippen LogP contribution is 2.13. The molecular formula is C23H44O5. The van der Waals surface area contributed by atoms with E-state index in [0.29, 0.717) is 13.2 Å². The van der Waals surface area contributed by atoms with Gasteiger partial charge in [-0.25, -0.2) is 9.59 Å². The van der Waals surface area contributed by atoms with Crippen LogP contribution in [0, 0.1) is 5.41 Å². The molecule has 5 nitrogen and oxygen atoms in total. The van der Waals surface area contributed by atoms with Crippen LogP contribution in [0.1, 0.15) is 105 Å². The van der Waals surface area contributed by atoms with Gasteiger partial charge in [0.15, 0.2) is 0 Å². The quantitative estimate of drug-likeness (QED) is 0.214. The first kappa shape index (κ1) is 26.9. The van der Waals surface area contributed by atoms with Gasteiger partial charge in [0.05, 0.1) is 13.2 Å². The lowest BCUT2D eigenvalue weighted by molar-refractivity contribution is -0.157.